The SMILES string of the molecule is CCCCN(C1CC1)S(=O)(=O)c1ccc(C(=O)O)cc1N. The summed E-state index contributed by atoms with van der Waals surface area (Å²) in [6.07, 6.45) is 3.45. The monoisotopic (exact) mass is 312 g/mol. The van der Waals surface area contributed by atoms with Gasteiger partial charge in [-0.05, 0) is 37.5 Å². The topological polar surface area (TPSA) is 101 Å². The van der Waals surface area contributed by atoms with Crippen molar-refractivity contribution < 1.29 is 18.3 Å². The number of nitrogens with zero attached hydrogens (tertiary/aromatic N) is 1. The van der Waals surface area contributed by atoms with Crippen molar-refractivity contribution in [1.82, 2.24) is 4.31 Å². The minimum atomic E-state index is -3.67. The van der Waals surface area contributed by atoms with Crippen LogP contribution in [-0.2, 0) is 10.0 Å². The summed E-state index contributed by atoms with van der Waals surface area (Å²) in [5.41, 5.74) is 5.73. The molecule has 0 radical (unpaired) electrons. The normalized spacial score (nSPS) is 15.3. The zero-order valence-electron chi connectivity index (χ0n) is 11.9. The summed E-state index contributed by atoms with van der Waals surface area (Å²) in [5, 5.41) is 8.91. The van der Waals surface area contributed by atoms with Gasteiger partial charge in [0.25, 0.3) is 0 Å². The molecule has 6 nitrogen and oxygen atoms in total. The minimum Gasteiger partial charge on any atom is -0.478 e. The highest BCUT2D eigenvalue weighted by Gasteiger charge is 2.38. The largest absolute Gasteiger partial charge is 0.478 e. The van der Waals surface area contributed by atoms with Gasteiger partial charge in [0, 0.05) is 12.6 Å². The van der Waals surface area contributed by atoms with Crippen molar-refractivity contribution in [2.75, 3.05) is 12.3 Å². The van der Waals surface area contributed by atoms with Crippen LogP contribution in [0.15, 0.2) is 23.1 Å². The number of anilines is 1. The standard InChI is InChI=1S/C14H20N2O4S/c1-2-3-8-16(11-5-6-11)21(19,20)13-7-4-10(14(17)18)9-12(13)15/h4,7,9,11H,2-3,5-6,8,15H2,1H3,(H,17,18). The zero-order valence-corrected chi connectivity index (χ0v) is 12.8. The Kier molecular flexibility index (Phi) is 4.53. The highest BCUT2D eigenvalue weighted by atomic mass is 32.2. The molecule has 0 heterocycles. The molecule has 1 aliphatic carbocycles. The second-order valence-corrected chi connectivity index (χ2v) is 7.12. The third kappa shape index (κ3) is 3.36. The van der Waals surface area contributed by atoms with E-state index in [0.29, 0.717) is 6.54 Å². The van der Waals surface area contributed by atoms with Crippen LogP contribution in [0.3, 0.4) is 0 Å². The predicted octanol–water partition coefficient (Wildman–Crippen LogP) is 1.92. The number of aromatic carboxylic acids is 1. The van der Waals surface area contributed by atoms with E-state index in [2.05, 4.69) is 0 Å². The highest BCUT2D eigenvalue weighted by Crippen LogP contribution is 2.34. The number of rotatable bonds is 7. The van der Waals surface area contributed by atoms with Crippen LogP contribution in [0.2, 0.25) is 0 Å². The highest BCUT2D eigenvalue weighted by molar-refractivity contribution is 7.89. The number of sulfonamides is 1. The Morgan fingerprint density at radius 2 is 2.10 bits per heavy atom. The van der Waals surface area contributed by atoms with Crippen LogP contribution in [0.4, 0.5) is 5.69 Å². The molecule has 1 aromatic carbocycles. The molecule has 0 spiro atoms. The van der Waals surface area contributed by atoms with Gasteiger partial charge in [-0.25, -0.2) is 13.2 Å². The number of carboxylic acid groups (broad SMARTS) is 1. The van der Waals surface area contributed by atoms with E-state index in [0.717, 1.165) is 25.7 Å². The molecule has 0 aliphatic heterocycles. The van der Waals surface area contributed by atoms with E-state index in [1.807, 2.05) is 6.92 Å². The van der Waals surface area contributed by atoms with Crippen LogP contribution in [0.25, 0.3) is 0 Å². The molecule has 2 rings (SSSR count). The smallest absolute Gasteiger partial charge is 0.335 e. The Balaban J connectivity index is 2.35. The molecule has 0 amide bonds. The van der Waals surface area contributed by atoms with Crippen molar-refractivity contribution in [3.05, 3.63) is 23.8 Å². The van der Waals surface area contributed by atoms with Crippen LogP contribution in [0.1, 0.15) is 43.0 Å². The van der Waals surface area contributed by atoms with Crippen LogP contribution >= 0.6 is 0 Å². The molecule has 7 heteroatoms. The van der Waals surface area contributed by atoms with Crippen molar-refractivity contribution in [3.8, 4) is 0 Å². The van der Waals surface area contributed by atoms with E-state index in [4.69, 9.17) is 10.8 Å². The van der Waals surface area contributed by atoms with Gasteiger partial charge in [0.1, 0.15) is 4.90 Å². The Hall–Kier alpha value is -1.60. The minimum absolute atomic E-state index is 0.00416. The first-order chi connectivity index (χ1) is 9.87. The molecule has 0 bridgehead atoms. The van der Waals surface area contributed by atoms with E-state index < -0.39 is 16.0 Å². The van der Waals surface area contributed by atoms with E-state index in [9.17, 15) is 13.2 Å². The maximum Gasteiger partial charge on any atom is 0.335 e. The number of hydrogen-bond acceptors (Lipinski definition) is 4. The molecule has 1 aliphatic rings. The van der Waals surface area contributed by atoms with Gasteiger partial charge in [-0.15, -0.1) is 0 Å². The molecule has 0 atom stereocenters. The Morgan fingerprint density at radius 3 is 2.57 bits per heavy atom. The summed E-state index contributed by atoms with van der Waals surface area (Å²) in [5.74, 6) is -1.13. The number of unbranched alkanes of at least 4 members (excludes halogenated alkanes) is 1. The first-order valence-corrected chi connectivity index (χ1v) is 8.46. The molecule has 0 saturated heterocycles. The van der Waals surface area contributed by atoms with Crippen LogP contribution in [0, 0.1) is 0 Å². The summed E-state index contributed by atoms with van der Waals surface area (Å²) in [6.45, 7) is 2.48. The summed E-state index contributed by atoms with van der Waals surface area (Å²) in [4.78, 5) is 10.9. The molecule has 116 valence electrons. The van der Waals surface area contributed by atoms with Crippen LogP contribution in [0.5, 0.6) is 0 Å². The number of nitrogens with two attached hydrogens (primary N) is 1. The number of hydrogen-bond donors (Lipinski definition) is 2. The van der Waals surface area contributed by atoms with E-state index in [1.54, 1.807) is 0 Å². The maximum absolute atomic E-state index is 12.7. The van der Waals surface area contributed by atoms with Crippen LogP contribution < -0.4 is 5.73 Å². The lowest BCUT2D eigenvalue weighted by atomic mass is 10.2. The molecule has 21 heavy (non-hydrogen) atoms. The molecular weight excluding hydrogens is 292 g/mol. The first-order valence-electron chi connectivity index (χ1n) is 7.02. The lowest BCUT2D eigenvalue weighted by molar-refractivity contribution is 0.0697. The number of nitrogen functional groups attached to an aromatic ring is 1. The molecule has 1 aromatic rings. The summed E-state index contributed by atoms with van der Waals surface area (Å²) in [7, 11) is -3.67. The van der Waals surface area contributed by atoms with Gasteiger partial charge >= 0.3 is 5.97 Å². The van der Waals surface area contributed by atoms with Crippen molar-refractivity contribution in [2.24, 2.45) is 0 Å². The quantitative estimate of drug-likeness (QED) is 0.749. The average molecular weight is 312 g/mol. The fourth-order valence-electron chi connectivity index (χ4n) is 2.22. The third-order valence-electron chi connectivity index (χ3n) is 3.53. The van der Waals surface area contributed by atoms with Gasteiger partial charge < -0.3 is 10.8 Å². The fraction of sp³-hybridized carbons (Fsp3) is 0.500. The Bertz CT molecular complexity index is 638. The molecule has 1 saturated carbocycles. The molecule has 1 fully saturated rings. The maximum atomic E-state index is 12.7. The van der Waals surface area contributed by atoms with E-state index in [1.165, 1.54) is 22.5 Å². The lowest BCUT2D eigenvalue weighted by Crippen LogP contribution is -2.34. The number of benzene rings is 1. The number of carboxylic acids is 1. The molecule has 0 unspecified atom stereocenters. The second kappa shape index (κ2) is 6.03. The third-order valence-corrected chi connectivity index (χ3v) is 5.56. The fourth-order valence-corrected chi connectivity index (χ4v) is 4.04. The van der Waals surface area contributed by atoms with Gasteiger partial charge in [0.2, 0.25) is 10.0 Å². The summed E-state index contributed by atoms with van der Waals surface area (Å²) in [6, 6.07) is 3.81. The summed E-state index contributed by atoms with van der Waals surface area (Å²) >= 11 is 0. The lowest BCUT2D eigenvalue weighted by Gasteiger charge is -2.22. The van der Waals surface area contributed by atoms with Gasteiger partial charge in [0.15, 0.2) is 0 Å². The van der Waals surface area contributed by atoms with Gasteiger partial charge in [-0.3, -0.25) is 0 Å². The van der Waals surface area contributed by atoms with Gasteiger partial charge in [0.05, 0.1) is 11.3 Å². The first kappa shape index (κ1) is 15.8. The Morgan fingerprint density at radius 1 is 1.43 bits per heavy atom. The van der Waals surface area contributed by atoms with Crippen molar-refractivity contribution in [2.45, 2.75) is 43.5 Å². The predicted molar refractivity (Wildman–Crippen MR) is 79.6 cm³/mol. The van der Waals surface area contributed by atoms with Crippen molar-refractivity contribution in [3.63, 3.8) is 0 Å². The number of carbonyl (C=O) groups is 1. The zero-order chi connectivity index (χ0) is 15.6. The molecule has 0 aromatic heterocycles. The molecular formula is C14H20N2O4S. The van der Waals surface area contributed by atoms with E-state index >= 15 is 0 Å². The van der Waals surface area contributed by atoms with E-state index in [-0.39, 0.29) is 22.2 Å². The summed E-state index contributed by atoms with van der Waals surface area (Å²) < 4.78 is 26.9. The Labute approximate surface area is 124 Å². The van der Waals surface area contributed by atoms with Crippen LogP contribution in [-0.4, -0.2) is 36.4 Å². The van der Waals surface area contributed by atoms with Crippen molar-refractivity contribution >= 4 is 21.7 Å². The second-order valence-electron chi connectivity index (χ2n) is 5.26. The average Bonchev–Trinajstić information content (AvgIpc) is 3.23. The van der Waals surface area contributed by atoms with Gasteiger partial charge in [-0.1, -0.05) is 13.3 Å². The van der Waals surface area contributed by atoms with Crippen molar-refractivity contribution in [1.29, 1.82) is 0 Å². The van der Waals surface area contributed by atoms with Gasteiger partial charge in [-0.2, -0.15) is 4.31 Å². The molecule has 3 N–H and O–H groups in total.